The van der Waals surface area contributed by atoms with Crippen molar-refractivity contribution < 1.29 is 5.11 Å². The van der Waals surface area contributed by atoms with Crippen LogP contribution in [0.25, 0.3) is 0 Å². The zero-order valence-corrected chi connectivity index (χ0v) is 9.39. The van der Waals surface area contributed by atoms with Crippen molar-refractivity contribution in [2.24, 2.45) is 0 Å². The van der Waals surface area contributed by atoms with Gasteiger partial charge in [0.1, 0.15) is 5.75 Å². The number of benzene rings is 1. The standard InChI is InChI=1S/C12H19NO/c1-9-6-5-7-10(11(9)14)8-12(2,3)13-4/h5-7,13-14H,8H2,1-4H3. The molecule has 78 valence electrons. The lowest BCUT2D eigenvalue weighted by Gasteiger charge is -2.24. The molecule has 0 heterocycles. The molecule has 0 saturated heterocycles. The molecule has 0 unspecified atom stereocenters. The number of para-hydroxylation sites is 1. The third-order valence-corrected chi connectivity index (χ3v) is 2.63. The van der Waals surface area contributed by atoms with Crippen LogP contribution in [0.1, 0.15) is 25.0 Å². The SMILES string of the molecule is CNC(C)(C)Cc1cccc(C)c1O. The Bertz CT molecular complexity index is 318. The molecule has 2 heteroatoms. The van der Waals surface area contributed by atoms with Gasteiger partial charge in [0.15, 0.2) is 0 Å². The van der Waals surface area contributed by atoms with E-state index in [4.69, 9.17) is 0 Å². The largest absolute Gasteiger partial charge is 0.507 e. The molecule has 14 heavy (non-hydrogen) atoms. The van der Waals surface area contributed by atoms with Crippen LogP contribution < -0.4 is 5.32 Å². The molecule has 0 aliphatic rings. The normalized spacial score (nSPS) is 11.7. The Hall–Kier alpha value is -1.02. The van der Waals surface area contributed by atoms with Crippen molar-refractivity contribution in [3.05, 3.63) is 29.3 Å². The van der Waals surface area contributed by atoms with E-state index in [-0.39, 0.29) is 5.54 Å². The van der Waals surface area contributed by atoms with Crippen molar-refractivity contribution in [1.82, 2.24) is 5.32 Å². The summed E-state index contributed by atoms with van der Waals surface area (Å²) in [6.07, 6.45) is 0.830. The Balaban J connectivity index is 2.92. The van der Waals surface area contributed by atoms with Crippen LogP contribution in [0, 0.1) is 6.92 Å². The summed E-state index contributed by atoms with van der Waals surface area (Å²) < 4.78 is 0. The van der Waals surface area contributed by atoms with E-state index in [1.807, 2.05) is 32.2 Å². The van der Waals surface area contributed by atoms with Crippen molar-refractivity contribution in [1.29, 1.82) is 0 Å². The summed E-state index contributed by atoms with van der Waals surface area (Å²) in [5.74, 6) is 0.427. The summed E-state index contributed by atoms with van der Waals surface area (Å²) in [5, 5.41) is 13.1. The summed E-state index contributed by atoms with van der Waals surface area (Å²) >= 11 is 0. The van der Waals surface area contributed by atoms with Gasteiger partial charge < -0.3 is 10.4 Å². The van der Waals surface area contributed by atoms with Crippen molar-refractivity contribution in [3.8, 4) is 5.75 Å². The van der Waals surface area contributed by atoms with Gasteiger partial charge in [-0.25, -0.2) is 0 Å². The number of aromatic hydroxyl groups is 1. The van der Waals surface area contributed by atoms with Crippen LogP contribution in [0.15, 0.2) is 18.2 Å². The first-order valence-electron chi connectivity index (χ1n) is 4.92. The highest BCUT2D eigenvalue weighted by molar-refractivity contribution is 5.40. The van der Waals surface area contributed by atoms with Gasteiger partial charge in [0.2, 0.25) is 0 Å². The minimum absolute atomic E-state index is 0.0191. The summed E-state index contributed by atoms with van der Waals surface area (Å²) in [7, 11) is 1.94. The Labute approximate surface area is 86.0 Å². The van der Waals surface area contributed by atoms with E-state index in [9.17, 15) is 5.11 Å². The van der Waals surface area contributed by atoms with E-state index in [1.165, 1.54) is 0 Å². The molecule has 1 aromatic rings. The van der Waals surface area contributed by atoms with Crippen molar-refractivity contribution >= 4 is 0 Å². The highest BCUT2D eigenvalue weighted by atomic mass is 16.3. The molecule has 1 aromatic carbocycles. The molecule has 2 N–H and O–H groups in total. The molecule has 2 nitrogen and oxygen atoms in total. The zero-order chi connectivity index (χ0) is 10.8. The lowest BCUT2D eigenvalue weighted by Crippen LogP contribution is -2.38. The first-order valence-corrected chi connectivity index (χ1v) is 4.92. The van der Waals surface area contributed by atoms with Crippen LogP contribution in [-0.4, -0.2) is 17.7 Å². The van der Waals surface area contributed by atoms with E-state index < -0.39 is 0 Å². The molecule has 0 bridgehead atoms. The molecular weight excluding hydrogens is 174 g/mol. The van der Waals surface area contributed by atoms with Gasteiger partial charge in [-0.05, 0) is 45.4 Å². The lowest BCUT2D eigenvalue weighted by atomic mass is 9.93. The van der Waals surface area contributed by atoms with Crippen molar-refractivity contribution in [2.45, 2.75) is 32.7 Å². The number of aryl methyl sites for hydroxylation is 1. The molecule has 0 spiro atoms. The second kappa shape index (κ2) is 4.01. The first-order chi connectivity index (χ1) is 6.46. The van der Waals surface area contributed by atoms with Crippen LogP contribution in [0.4, 0.5) is 0 Å². The molecule has 0 aliphatic heterocycles. The number of rotatable bonds is 3. The number of phenolic OH excluding ortho intramolecular Hbond substituents is 1. The fraction of sp³-hybridized carbons (Fsp3) is 0.500. The molecule has 0 fully saturated rings. The van der Waals surface area contributed by atoms with E-state index in [2.05, 4.69) is 19.2 Å². The van der Waals surface area contributed by atoms with Gasteiger partial charge in [0, 0.05) is 5.54 Å². The zero-order valence-electron chi connectivity index (χ0n) is 9.39. The minimum atomic E-state index is 0.0191. The van der Waals surface area contributed by atoms with Gasteiger partial charge >= 0.3 is 0 Å². The van der Waals surface area contributed by atoms with E-state index in [0.29, 0.717) is 5.75 Å². The van der Waals surface area contributed by atoms with Crippen molar-refractivity contribution in [2.75, 3.05) is 7.05 Å². The number of phenols is 1. The number of hydrogen-bond acceptors (Lipinski definition) is 2. The third kappa shape index (κ3) is 2.48. The van der Waals surface area contributed by atoms with Gasteiger partial charge in [0.25, 0.3) is 0 Å². The highest BCUT2D eigenvalue weighted by Crippen LogP contribution is 2.25. The molecule has 0 aliphatic carbocycles. The van der Waals surface area contributed by atoms with Crippen LogP contribution in [0.5, 0.6) is 5.75 Å². The Morgan fingerprint density at radius 2 is 2.00 bits per heavy atom. The summed E-state index contributed by atoms with van der Waals surface area (Å²) in [5.41, 5.74) is 1.96. The van der Waals surface area contributed by atoms with E-state index >= 15 is 0 Å². The van der Waals surface area contributed by atoms with Crippen molar-refractivity contribution in [3.63, 3.8) is 0 Å². The molecule has 1 rings (SSSR count). The van der Waals surface area contributed by atoms with Crippen LogP contribution in [-0.2, 0) is 6.42 Å². The Morgan fingerprint density at radius 1 is 1.36 bits per heavy atom. The molecular formula is C12H19NO. The third-order valence-electron chi connectivity index (χ3n) is 2.63. The Kier molecular flexibility index (Phi) is 3.17. The van der Waals surface area contributed by atoms with Gasteiger partial charge in [-0.15, -0.1) is 0 Å². The van der Waals surface area contributed by atoms with E-state index in [0.717, 1.165) is 17.5 Å². The monoisotopic (exact) mass is 193 g/mol. The molecule has 0 amide bonds. The fourth-order valence-corrected chi connectivity index (χ4v) is 1.43. The molecule has 0 atom stereocenters. The average molecular weight is 193 g/mol. The number of nitrogens with one attached hydrogen (secondary N) is 1. The first kappa shape index (κ1) is 11.1. The topological polar surface area (TPSA) is 32.3 Å². The minimum Gasteiger partial charge on any atom is -0.507 e. The quantitative estimate of drug-likeness (QED) is 0.771. The smallest absolute Gasteiger partial charge is 0.121 e. The molecule has 0 saturated carbocycles. The lowest BCUT2D eigenvalue weighted by molar-refractivity contribution is 0.404. The second-order valence-electron chi connectivity index (χ2n) is 4.39. The average Bonchev–Trinajstić information content (AvgIpc) is 2.13. The van der Waals surface area contributed by atoms with Crippen LogP contribution >= 0.6 is 0 Å². The Morgan fingerprint density at radius 3 is 2.57 bits per heavy atom. The summed E-state index contributed by atoms with van der Waals surface area (Å²) in [4.78, 5) is 0. The maximum Gasteiger partial charge on any atom is 0.121 e. The van der Waals surface area contributed by atoms with Crippen LogP contribution in [0.3, 0.4) is 0 Å². The summed E-state index contributed by atoms with van der Waals surface area (Å²) in [6, 6.07) is 5.88. The second-order valence-corrected chi connectivity index (χ2v) is 4.39. The molecule has 0 radical (unpaired) electrons. The maximum atomic E-state index is 9.83. The maximum absolute atomic E-state index is 9.83. The summed E-state index contributed by atoms with van der Waals surface area (Å²) in [6.45, 7) is 6.16. The van der Waals surface area contributed by atoms with E-state index in [1.54, 1.807) is 0 Å². The fourth-order valence-electron chi connectivity index (χ4n) is 1.43. The van der Waals surface area contributed by atoms with Crippen LogP contribution in [0.2, 0.25) is 0 Å². The highest BCUT2D eigenvalue weighted by Gasteiger charge is 2.17. The van der Waals surface area contributed by atoms with Gasteiger partial charge in [-0.1, -0.05) is 18.2 Å². The predicted molar refractivity (Wildman–Crippen MR) is 59.7 cm³/mol. The van der Waals surface area contributed by atoms with Gasteiger partial charge in [0.05, 0.1) is 0 Å². The van der Waals surface area contributed by atoms with Gasteiger partial charge in [-0.2, -0.15) is 0 Å². The predicted octanol–water partition coefficient (Wildman–Crippen LogP) is 2.24. The van der Waals surface area contributed by atoms with Gasteiger partial charge in [-0.3, -0.25) is 0 Å². The number of likely N-dealkylation sites (N-methyl/N-ethyl adjacent to an activating group) is 1. The molecule has 0 aromatic heterocycles. The number of hydrogen-bond donors (Lipinski definition) is 2.